The van der Waals surface area contributed by atoms with Crippen LogP contribution < -0.4 is 10.1 Å². The first-order valence-corrected chi connectivity index (χ1v) is 10.3. The third-order valence-electron chi connectivity index (χ3n) is 4.22. The van der Waals surface area contributed by atoms with Gasteiger partial charge < -0.3 is 10.1 Å². The summed E-state index contributed by atoms with van der Waals surface area (Å²) in [6, 6.07) is 10.2. The van der Waals surface area contributed by atoms with Crippen LogP contribution in [0.1, 0.15) is 22.5 Å². The second-order valence-corrected chi connectivity index (χ2v) is 8.63. The number of hydrogen-bond acceptors (Lipinski definition) is 5. The Morgan fingerprint density at radius 3 is 2.56 bits per heavy atom. The van der Waals surface area contributed by atoms with E-state index in [2.05, 4.69) is 5.32 Å². The normalized spacial score (nSPS) is 16.5. The zero-order chi connectivity index (χ0) is 17.9. The molecule has 6 nitrogen and oxygen atoms in total. The molecule has 1 aliphatic heterocycles. The van der Waals surface area contributed by atoms with Gasteiger partial charge in [0.05, 0.1) is 12.0 Å². The van der Waals surface area contributed by atoms with E-state index in [4.69, 9.17) is 4.74 Å². The number of benzene rings is 1. The molecule has 1 amide bonds. The molecule has 2 aromatic rings. The highest BCUT2D eigenvalue weighted by Gasteiger charge is 2.31. The Labute approximate surface area is 151 Å². The molecule has 1 N–H and O–H groups in total. The topological polar surface area (TPSA) is 75.7 Å². The summed E-state index contributed by atoms with van der Waals surface area (Å²) in [7, 11) is -2.14. The van der Waals surface area contributed by atoms with Crippen LogP contribution in [-0.2, 0) is 10.0 Å². The van der Waals surface area contributed by atoms with E-state index in [9.17, 15) is 13.2 Å². The fourth-order valence-electron chi connectivity index (χ4n) is 2.88. The number of ether oxygens (including phenoxy) is 1. The van der Waals surface area contributed by atoms with E-state index in [-0.39, 0.29) is 16.8 Å². The van der Waals surface area contributed by atoms with Crippen molar-refractivity contribution in [3.63, 3.8) is 0 Å². The summed E-state index contributed by atoms with van der Waals surface area (Å²) in [6.45, 7) is 0.742. The van der Waals surface area contributed by atoms with Crippen LogP contribution in [0, 0.1) is 0 Å². The van der Waals surface area contributed by atoms with Crippen molar-refractivity contribution in [2.45, 2.75) is 23.8 Å². The van der Waals surface area contributed by atoms with Crippen LogP contribution in [0.2, 0.25) is 0 Å². The average molecular weight is 380 g/mol. The molecule has 0 bridgehead atoms. The van der Waals surface area contributed by atoms with Gasteiger partial charge in [-0.3, -0.25) is 4.79 Å². The highest BCUT2D eigenvalue weighted by molar-refractivity contribution is 7.89. The number of nitrogens with one attached hydrogen (secondary N) is 1. The minimum atomic E-state index is -3.60. The smallest absolute Gasteiger partial charge is 0.261 e. The van der Waals surface area contributed by atoms with E-state index in [1.165, 1.54) is 22.8 Å². The summed E-state index contributed by atoms with van der Waals surface area (Å²) in [5.41, 5.74) is 0. The van der Waals surface area contributed by atoms with E-state index in [0.29, 0.717) is 36.6 Å². The number of amides is 1. The van der Waals surface area contributed by atoms with Crippen LogP contribution in [-0.4, -0.2) is 44.9 Å². The maximum Gasteiger partial charge on any atom is 0.261 e. The highest BCUT2D eigenvalue weighted by atomic mass is 32.2. The van der Waals surface area contributed by atoms with Gasteiger partial charge in [0.2, 0.25) is 10.0 Å². The largest absolute Gasteiger partial charge is 0.495 e. The van der Waals surface area contributed by atoms with Gasteiger partial charge in [-0.1, -0.05) is 18.2 Å². The lowest BCUT2D eigenvalue weighted by Crippen LogP contribution is -2.46. The van der Waals surface area contributed by atoms with Gasteiger partial charge in [0.15, 0.2) is 0 Å². The monoisotopic (exact) mass is 380 g/mol. The van der Waals surface area contributed by atoms with Crippen molar-refractivity contribution in [2.75, 3.05) is 20.2 Å². The van der Waals surface area contributed by atoms with Crippen molar-refractivity contribution in [1.82, 2.24) is 9.62 Å². The summed E-state index contributed by atoms with van der Waals surface area (Å²) in [6.07, 6.45) is 1.18. The number of hydrogen-bond donors (Lipinski definition) is 1. The molecule has 0 spiro atoms. The average Bonchev–Trinajstić information content (AvgIpc) is 3.17. The molecule has 2 heterocycles. The third-order valence-corrected chi connectivity index (χ3v) is 7.03. The van der Waals surface area contributed by atoms with Crippen LogP contribution in [0.5, 0.6) is 5.75 Å². The number of sulfonamides is 1. The Bertz CT molecular complexity index is 826. The fourth-order valence-corrected chi connectivity index (χ4v) is 5.13. The van der Waals surface area contributed by atoms with Crippen LogP contribution in [0.15, 0.2) is 46.7 Å². The molecule has 8 heteroatoms. The molecule has 0 unspecified atom stereocenters. The van der Waals surface area contributed by atoms with E-state index >= 15 is 0 Å². The molecule has 0 radical (unpaired) electrons. The molecule has 1 aromatic carbocycles. The van der Waals surface area contributed by atoms with Gasteiger partial charge in [0.25, 0.3) is 5.91 Å². The van der Waals surface area contributed by atoms with E-state index < -0.39 is 10.0 Å². The third kappa shape index (κ3) is 3.86. The van der Waals surface area contributed by atoms with Crippen molar-refractivity contribution >= 4 is 27.3 Å². The molecule has 1 fully saturated rings. The van der Waals surface area contributed by atoms with Gasteiger partial charge in [-0.05, 0) is 36.4 Å². The molecular formula is C17H20N2O4S2. The summed E-state index contributed by atoms with van der Waals surface area (Å²) >= 11 is 1.39. The van der Waals surface area contributed by atoms with Gasteiger partial charge in [-0.15, -0.1) is 11.3 Å². The zero-order valence-electron chi connectivity index (χ0n) is 13.8. The Morgan fingerprint density at radius 2 is 1.92 bits per heavy atom. The molecule has 1 aliphatic rings. The van der Waals surface area contributed by atoms with Crippen LogP contribution in [0.4, 0.5) is 0 Å². The first-order chi connectivity index (χ1) is 12.0. The molecule has 0 atom stereocenters. The SMILES string of the molecule is COc1ccccc1S(=O)(=O)N1CCC(NC(=O)c2cccs2)CC1. The predicted octanol–water partition coefficient (Wildman–Crippen LogP) is 2.34. The zero-order valence-corrected chi connectivity index (χ0v) is 15.5. The van der Waals surface area contributed by atoms with Crippen molar-refractivity contribution in [3.8, 4) is 5.75 Å². The van der Waals surface area contributed by atoms with E-state index in [0.717, 1.165) is 0 Å². The van der Waals surface area contributed by atoms with Crippen LogP contribution in [0.25, 0.3) is 0 Å². The predicted molar refractivity (Wildman–Crippen MR) is 96.6 cm³/mol. The van der Waals surface area contributed by atoms with Crippen molar-refractivity contribution in [3.05, 3.63) is 46.7 Å². The first kappa shape index (κ1) is 17.9. The Morgan fingerprint density at radius 1 is 1.20 bits per heavy atom. The van der Waals surface area contributed by atoms with Crippen LogP contribution in [0.3, 0.4) is 0 Å². The Kier molecular flexibility index (Phi) is 5.41. The molecular weight excluding hydrogens is 360 g/mol. The quantitative estimate of drug-likeness (QED) is 0.864. The molecule has 0 aliphatic carbocycles. The lowest BCUT2D eigenvalue weighted by Gasteiger charge is -2.31. The highest BCUT2D eigenvalue weighted by Crippen LogP contribution is 2.28. The Balaban J connectivity index is 1.64. The van der Waals surface area contributed by atoms with Gasteiger partial charge in [-0.2, -0.15) is 4.31 Å². The molecule has 1 aromatic heterocycles. The number of carbonyl (C=O) groups is 1. The number of carbonyl (C=O) groups excluding carboxylic acids is 1. The molecule has 0 saturated carbocycles. The minimum Gasteiger partial charge on any atom is -0.495 e. The maximum absolute atomic E-state index is 12.8. The first-order valence-electron chi connectivity index (χ1n) is 8.00. The summed E-state index contributed by atoms with van der Waals surface area (Å²) in [5, 5.41) is 4.84. The molecule has 1 saturated heterocycles. The number of nitrogens with zero attached hydrogens (tertiary/aromatic N) is 1. The summed E-state index contributed by atoms with van der Waals surface area (Å²) in [5.74, 6) is 0.247. The molecule has 134 valence electrons. The standard InChI is InChI=1S/C17H20N2O4S2/c1-23-14-5-2-3-7-16(14)25(21,22)19-10-8-13(9-11-19)18-17(20)15-6-4-12-24-15/h2-7,12-13H,8-11H2,1H3,(H,18,20). The van der Waals surface area contributed by atoms with Crippen molar-refractivity contribution in [1.29, 1.82) is 0 Å². The molecule has 25 heavy (non-hydrogen) atoms. The number of para-hydroxylation sites is 1. The number of methoxy groups -OCH3 is 1. The van der Waals surface area contributed by atoms with E-state index in [1.807, 2.05) is 11.4 Å². The fraction of sp³-hybridized carbons (Fsp3) is 0.353. The van der Waals surface area contributed by atoms with Crippen molar-refractivity contribution in [2.24, 2.45) is 0 Å². The minimum absolute atomic E-state index is 0.0151. The number of piperidine rings is 1. The number of rotatable bonds is 5. The van der Waals surface area contributed by atoms with Gasteiger partial charge in [0, 0.05) is 19.1 Å². The van der Waals surface area contributed by atoms with Gasteiger partial charge in [0.1, 0.15) is 10.6 Å². The summed E-state index contributed by atoms with van der Waals surface area (Å²) in [4.78, 5) is 13.0. The summed E-state index contributed by atoms with van der Waals surface area (Å²) < 4.78 is 32.3. The second-order valence-electron chi connectivity index (χ2n) is 5.78. The lowest BCUT2D eigenvalue weighted by molar-refractivity contribution is 0.0928. The van der Waals surface area contributed by atoms with Crippen LogP contribution >= 0.6 is 11.3 Å². The number of thiophene rings is 1. The van der Waals surface area contributed by atoms with Gasteiger partial charge >= 0.3 is 0 Å². The Hall–Kier alpha value is -1.90. The maximum atomic E-state index is 12.8. The second kappa shape index (κ2) is 7.55. The van der Waals surface area contributed by atoms with Crippen molar-refractivity contribution < 1.29 is 17.9 Å². The van der Waals surface area contributed by atoms with Gasteiger partial charge in [-0.25, -0.2) is 8.42 Å². The van der Waals surface area contributed by atoms with E-state index in [1.54, 1.807) is 30.3 Å². The lowest BCUT2D eigenvalue weighted by atomic mass is 10.1. The molecule has 3 rings (SSSR count).